The van der Waals surface area contributed by atoms with Gasteiger partial charge in [0.1, 0.15) is 0 Å². The van der Waals surface area contributed by atoms with Gasteiger partial charge in [-0.3, -0.25) is 0 Å². The molecule has 0 saturated carbocycles. The zero-order valence-corrected chi connectivity index (χ0v) is 10.0. The molecule has 0 aromatic heterocycles. The van der Waals surface area contributed by atoms with Crippen molar-refractivity contribution in [1.82, 2.24) is 0 Å². The zero-order valence-electron chi connectivity index (χ0n) is 9.23. The fourth-order valence-electron chi connectivity index (χ4n) is 1.86. The topological polar surface area (TPSA) is 26.3 Å². The average molecular weight is 234 g/mol. The quantitative estimate of drug-likeness (QED) is 0.457. The Morgan fingerprint density at radius 2 is 2.19 bits per heavy atom. The van der Waals surface area contributed by atoms with Crippen LogP contribution in [0.1, 0.15) is 17.5 Å². The Hall–Kier alpha value is -1.22. The number of ether oxygens (including phenoxy) is 1. The Labute approximate surface area is 99.7 Å². The van der Waals surface area contributed by atoms with Crippen LogP contribution in [0.15, 0.2) is 34.6 Å². The van der Waals surface area contributed by atoms with Gasteiger partial charge in [-0.2, -0.15) is 0 Å². The van der Waals surface area contributed by atoms with Gasteiger partial charge in [0.25, 0.3) is 0 Å². The van der Waals surface area contributed by atoms with Gasteiger partial charge in [-0.15, -0.1) is 0 Å². The van der Waals surface area contributed by atoms with Gasteiger partial charge in [0.2, 0.25) is 0 Å². The Morgan fingerprint density at radius 1 is 1.38 bits per heavy atom. The summed E-state index contributed by atoms with van der Waals surface area (Å²) in [7, 11) is 1.38. The number of hydrogen-bond donors (Lipinski definition) is 0. The van der Waals surface area contributed by atoms with Crippen LogP contribution in [0.25, 0.3) is 0 Å². The molecule has 1 aromatic carbocycles. The molecule has 1 aromatic rings. The van der Waals surface area contributed by atoms with Crippen molar-refractivity contribution >= 4 is 17.7 Å². The predicted molar refractivity (Wildman–Crippen MR) is 65.5 cm³/mol. The van der Waals surface area contributed by atoms with E-state index in [1.54, 1.807) is 17.2 Å². The lowest BCUT2D eigenvalue weighted by Crippen LogP contribution is -1.92. The van der Waals surface area contributed by atoms with Crippen LogP contribution in [0, 0.1) is 0 Å². The molecule has 16 heavy (non-hydrogen) atoms. The molecule has 3 heteroatoms. The van der Waals surface area contributed by atoms with Crippen LogP contribution >= 0.6 is 11.8 Å². The molecule has 0 fully saturated rings. The monoisotopic (exact) mass is 234 g/mol. The molecule has 0 amide bonds. The fraction of sp³-hybridized carbons (Fsp3) is 0.308. The summed E-state index contributed by atoms with van der Waals surface area (Å²) in [6.07, 6.45) is 5.10. The molecule has 0 aliphatic heterocycles. The number of rotatable bonds is 3. The van der Waals surface area contributed by atoms with E-state index in [2.05, 4.69) is 22.9 Å². The van der Waals surface area contributed by atoms with Crippen molar-refractivity contribution in [2.45, 2.75) is 24.2 Å². The second-order valence-electron chi connectivity index (χ2n) is 3.73. The second-order valence-corrected chi connectivity index (χ2v) is 4.71. The van der Waals surface area contributed by atoms with Crippen molar-refractivity contribution in [3.63, 3.8) is 0 Å². The highest BCUT2D eigenvalue weighted by molar-refractivity contribution is 8.02. The van der Waals surface area contributed by atoms with E-state index in [9.17, 15) is 4.79 Å². The molecule has 0 spiro atoms. The minimum Gasteiger partial charge on any atom is -0.466 e. The number of carbonyl (C=O) groups is 1. The first-order valence-electron chi connectivity index (χ1n) is 5.32. The van der Waals surface area contributed by atoms with E-state index in [1.807, 2.05) is 0 Å². The van der Waals surface area contributed by atoms with Crippen LogP contribution < -0.4 is 0 Å². The summed E-state index contributed by atoms with van der Waals surface area (Å²) in [4.78, 5) is 12.0. The smallest absolute Gasteiger partial charge is 0.330 e. The molecule has 2 rings (SSSR count). The van der Waals surface area contributed by atoms with Crippen molar-refractivity contribution < 1.29 is 9.53 Å². The van der Waals surface area contributed by atoms with Crippen LogP contribution in [0.5, 0.6) is 0 Å². The summed E-state index contributed by atoms with van der Waals surface area (Å²) in [6.45, 7) is 0. The van der Waals surface area contributed by atoms with Crippen molar-refractivity contribution in [3.8, 4) is 0 Å². The maximum Gasteiger partial charge on any atom is 0.330 e. The van der Waals surface area contributed by atoms with E-state index in [-0.39, 0.29) is 5.97 Å². The highest BCUT2D eigenvalue weighted by atomic mass is 32.2. The Bertz CT molecular complexity index is 424. The first kappa shape index (κ1) is 11.3. The number of thioether (sulfide) groups is 1. The van der Waals surface area contributed by atoms with Gasteiger partial charge >= 0.3 is 5.97 Å². The van der Waals surface area contributed by atoms with Crippen molar-refractivity contribution in [2.75, 3.05) is 7.11 Å². The van der Waals surface area contributed by atoms with E-state index in [4.69, 9.17) is 0 Å². The Kier molecular flexibility index (Phi) is 3.67. The number of benzene rings is 1. The SMILES string of the molecule is COC(=O)C=CSc1ccc2c(c1)CCC2. The van der Waals surface area contributed by atoms with E-state index in [0.717, 1.165) is 0 Å². The number of hydrogen-bond acceptors (Lipinski definition) is 3. The summed E-state index contributed by atoms with van der Waals surface area (Å²) < 4.78 is 4.52. The maximum atomic E-state index is 10.9. The van der Waals surface area contributed by atoms with Gasteiger partial charge in [-0.1, -0.05) is 17.8 Å². The predicted octanol–water partition coefficient (Wildman–Crippen LogP) is 2.95. The minimum absolute atomic E-state index is 0.311. The average Bonchev–Trinajstić information content (AvgIpc) is 2.76. The lowest BCUT2D eigenvalue weighted by atomic mass is 10.1. The van der Waals surface area contributed by atoms with Crippen LogP contribution in [0.2, 0.25) is 0 Å². The highest BCUT2D eigenvalue weighted by Gasteiger charge is 2.10. The molecule has 1 aliphatic rings. The van der Waals surface area contributed by atoms with Crippen molar-refractivity contribution in [2.24, 2.45) is 0 Å². The molecular formula is C13H14O2S. The number of aryl methyl sites for hydroxylation is 2. The lowest BCUT2D eigenvalue weighted by molar-refractivity contribution is -0.134. The summed E-state index contributed by atoms with van der Waals surface area (Å²) in [5, 5.41) is 1.77. The van der Waals surface area contributed by atoms with Gasteiger partial charge < -0.3 is 4.74 Å². The van der Waals surface area contributed by atoms with Crippen LogP contribution in [-0.4, -0.2) is 13.1 Å². The molecule has 0 bridgehead atoms. The largest absolute Gasteiger partial charge is 0.466 e. The first-order chi connectivity index (χ1) is 7.79. The molecule has 1 aliphatic carbocycles. The third-order valence-corrected chi connectivity index (χ3v) is 3.48. The highest BCUT2D eigenvalue weighted by Crippen LogP contribution is 2.27. The minimum atomic E-state index is -0.311. The number of fused-ring (bicyclic) bond motifs is 1. The van der Waals surface area contributed by atoms with E-state index in [1.165, 1.54) is 48.5 Å². The summed E-state index contributed by atoms with van der Waals surface area (Å²) in [5.74, 6) is -0.311. The summed E-state index contributed by atoms with van der Waals surface area (Å²) in [6, 6.07) is 6.52. The van der Waals surface area contributed by atoms with Crippen molar-refractivity contribution in [3.05, 3.63) is 40.8 Å². The fourth-order valence-corrected chi connectivity index (χ4v) is 2.55. The molecule has 0 atom stereocenters. The molecule has 84 valence electrons. The van der Waals surface area contributed by atoms with Gasteiger partial charge in [0, 0.05) is 11.0 Å². The number of esters is 1. The molecular weight excluding hydrogens is 220 g/mol. The Balaban J connectivity index is 2.00. The summed E-state index contributed by atoms with van der Waals surface area (Å²) >= 11 is 1.55. The first-order valence-corrected chi connectivity index (χ1v) is 6.20. The van der Waals surface area contributed by atoms with E-state index < -0.39 is 0 Å². The zero-order chi connectivity index (χ0) is 11.4. The van der Waals surface area contributed by atoms with Crippen LogP contribution in [-0.2, 0) is 22.4 Å². The van der Waals surface area contributed by atoms with Gasteiger partial charge in [0.05, 0.1) is 7.11 Å². The Morgan fingerprint density at radius 3 is 3.00 bits per heavy atom. The third-order valence-electron chi connectivity index (χ3n) is 2.68. The molecule has 0 unspecified atom stereocenters. The molecule has 0 radical (unpaired) electrons. The second kappa shape index (κ2) is 5.21. The van der Waals surface area contributed by atoms with Crippen molar-refractivity contribution in [1.29, 1.82) is 0 Å². The van der Waals surface area contributed by atoms with Gasteiger partial charge in [-0.25, -0.2) is 4.79 Å². The van der Waals surface area contributed by atoms with Crippen LogP contribution in [0.4, 0.5) is 0 Å². The molecule has 0 heterocycles. The number of carbonyl (C=O) groups excluding carboxylic acids is 1. The molecule has 0 saturated heterocycles. The standard InChI is InChI=1S/C13H14O2S/c1-15-13(14)7-8-16-12-6-5-10-3-2-4-11(10)9-12/h5-9H,2-4H2,1H3. The normalized spacial score (nSPS) is 14.1. The number of methoxy groups -OCH3 is 1. The van der Waals surface area contributed by atoms with Gasteiger partial charge in [-0.05, 0) is 47.9 Å². The lowest BCUT2D eigenvalue weighted by Gasteiger charge is -2.01. The summed E-state index contributed by atoms with van der Waals surface area (Å²) in [5.41, 5.74) is 2.93. The van der Waals surface area contributed by atoms with E-state index >= 15 is 0 Å². The molecule has 2 nitrogen and oxygen atoms in total. The molecule has 0 N–H and O–H groups in total. The van der Waals surface area contributed by atoms with Gasteiger partial charge in [0.15, 0.2) is 0 Å². The van der Waals surface area contributed by atoms with E-state index in [0.29, 0.717) is 0 Å². The van der Waals surface area contributed by atoms with Crippen LogP contribution in [0.3, 0.4) is 0 Å². The third kappa shape index (κ3) is 2.67. The maximum absolute atomic E-state index is 10.9.